The number of nitrogens with one attached hydrogen (secondary N) is 3. The summed E-state index contributed by atoms with van der Waals surface area (Å²) in [5.41, 5.74) is 2.53. The van der Waals surface area contributed by atoms with Gasteiger partial charge < -0.3 is 25.6 Å². The van der Waals surface area contributed by atoms with Crippen LogP contribution in [0.5, 0.6) is 5.88 Å². The standard InChI is InChI=1S/C23H28FN5O3/c1-15-19(14-17-7-8-18(24)6-3-9-25-21(17)30)28-16(2)20(15)22(31)26-10-4-12-29-13-5-11-27-23(29)32/h3,6-9,14,25,30H,4-5,10-13H2,1-2H3,(H,26,31)(H,27,32). The van der Waals surface area contributed by atoms with E-state index < -0.39 is 5.82 Å². The fraction of sp³-hybridized carbons (Fsp3) is 0.348. The van der Waals surface area contributed by atoms with Crippen molar-refractivity contribution in [3.05, 3.63) is 58.7 Å². The number of amides is 3. The third-order valence-electron chi connectivity index (χ3n) is 5.25. The van der Waals surface area contributed by atoms with Gasteiger partial charge in [-0.15, -0.1) is 0 Å². The molecule has 0 unspecified atom stereocenters. The minimum Gasteiger partial charge on any atom is -0.494 e. The Hall–Kier alpha value is -3.62. The van der Waals surface area contributed by atoms with Gasteiger partial charge in [0.15, 0.2) is 5.88 Å². The second-order valence-corrected chi connectivity index (χ2v) is 7.60. The third-order valence-corrected chi connectivity index (χ3v) is 5.25. The predicted octanol–water partition coefficient (Wildman–Crippen LogP) is 3.04. The molecule has 0 saturated carbocycles. The maximum atomic E-state index is 13.7. The monoisotopic (exact) mass is 441 g/mol. The van der Waals surface area contributed by atoms with Crippen molar-refractivity contribution in [3.63, 3.8) is 0 Å². The number of aromatic nitrogens is 1. The first-order chi connectivity index (χ1) is 15.4. The van der Waals surface area contributed by atoms with E-state index in [9.17, 15) is 19.1 Å². The fourth-order valence-corrected chi connectivity index (χ4v) is 3.57. The van der Waals surface area contributed by atoms with Crippen molar-refractivity contribution >= 4 is 23.7 Å². The molecular weight excluding hydrogens is 413 g/mol. The van der Waals surface area contributed by atoms with Crippen LogP contribution in [-0.2, 0) is 4.79 Å². The van der Waals surface area contributed by atoms with Crippen molar-refractivity contribution in [3.8, 4) is 5.88 Å². The molecule has 32 heavy (non-hydrogen) atoms. The Morgan fingerprint density at radius 1 is 1.34 bits per heavy atom. The van der Waals surface area contributed by atoms with E-state index in [-0.39, 0.29) is 17.8 Å². The van der Waals surface area contributed by atoms with Crippen molar-refractivity contribution < 1.29 is 19.1 Å². The predicted molar refractivity (Wildman–Crippen MR) is 121 cm³/mol. The Morgan fingerprint density at radius 2 is 2.16 bits per heavy atom. The van der Waals surface area contributed by atoms with Crippen LogP contribution in [0.3, 0.4) is 0 Å². The van der Waals surface area contributed by atoms with Gasteiger partial charge >= 0.3 is 6.03 Å². The van der Waals surface area contributed by atoms with E-state index in [1.54, 1.807) is 24.8 Å². The number of urea groups is 1. The minimum absolute atomic E-state index is 0.0634. The Balaban J connectivity index is 1.70. The zero-order valence-corrected chi connectivity index (χ0v) is 18.2. The smallest absolute Gasteiger partial charge is 0.317 e. The second-order valence-electron chi connectivity index (χ2n) is 7.60. The molecule has 0 spiro atoms. The number of allylic oxidation sites excluding steroid dienone is 1. The topological polar surface area (TPSA) is 110 Å². The van der Waals surface area contributed by atoms with Crippen molar-refractivity contribution in [1.29, 1.82) is 0 Å². The lowest BCUT2D eigenvalue weighted by Gasteiger charge is -2.27. The molecular formula is C23H28FN5O3. The average molecular weight is 442 g/mol. The summed E-state index contributed by atoms with van der Waals surface area (Å²) < 4.78 is 13.7. The van der Waals surface area contributed by atoms with Crippen LogP contribution in [0.2, 0.25) is 0 Å². The molecule has 0 atom stereocenters. The first-order valence-corrected chi connectivity index (χ1v) is 10.6. The molecule has 3 heterocycles. The molecule has 1 saturated heterocycles. The molecule has 3 amide bonds. The van der Waals surface area contributed by atoms with Gasteiger partial charge in [-0.25, -0.2) is 9.18 Å². The molecule has 3 rings (SSSR count). The maximum Gasteiger partial charge on any atom is 0.317 e. The molecule has 0 bridgehead atoms. The normalized spacial score (nSPS) is 17.2. The molecule has 9 heteroatoms. The molecule has 0 aromatic carbocycles. The summed E-state index contributed by atoms with van der Waals surface area (Å²) in [6.07, 6.45) is 4.58. The van der Waals surface area contributed by atoms with Gasteiger partial charge in [-0.3, -0.25) is 9.79 Å². The lowest BCUT2D eigenvalue weighted by molar-refractivity contribution is -0.117. The highest BCUT2D eigenvalue weighted by atomic mass is 19.1. The van der Waals surface area contributed by atoms with E-state index >= 15 is 0 Å². The molecule has 170 valence electrons. The molecule has 1 fully saturated rings. The molecule has 8 nitrogen and oxygen atoms in total. The van der Waals surface area contributed by atoms with Gasteiger partial charge in [-0.2, -0.15) is 0 Å². The van der Waals surface area contributed by atoms with E-state index in [0.717, 1.165) is 13.0 Å². The van der Waals surface area contributed by atoms with Crippen LogP contribution in [-0.4, -0.2) is 58.8 Å². The zero-order chi connectivity index (χ0) is 23.1. The van der Waals surface area contributed by atoms with Crippen LogP contribution in [0.15, 0.2) is 52.3 Å². The quantitative estimate of drug-likeness (QED) is 0.509. The number of aliphatic imine (C=N–C) groups is 1. The summed E-state index contributed by atoms with van der Waals surface area (Å²) in [4.78, 5) is 33.4. The van der Waals surface area contributed by atoms with Gasteiger partial charge in [0.25, 0.3) is 5.91 Å². The molecule has 0 aliphatic carbocycles. The van der Waals surface area contributed by atoms with Crippen LogP contribution in [0.25, 0.3) is 6.08 Å². The van der Waals surface area contributed by atoms with Crippen molar-refractivity contribution in [1.82, 2.24) is 20.5 Å². The highest BCUT2D eigenvalue weighted by molar-refractivity contribution is 6.24. The first kappa shape index (κ1) is 23.1. The van der Waals surface area contributed by atoms with Crippen LogP contribution in [0.4, 0.5) is 9.18 Å². The number of aromatic hydroxyl groups is 1. The number of hydrogen-bond acceptors (Lipinski definition) is 4. The maximum absolute atomic E-state index is 13.7. The molecule has 1 aromatic heterocycles. The summed E-state index contributed by atoms with van der Waals surface area (Å²) >= 11 is 0. The van der Waals surface area contributed by atoms with Gasteiger partial charge in [0.1, 0.15) is 5.82 Å². The number of rotatable bonds is 6. The van der Waals surface area contributed by atoms with Crippen LogP contribution in [0, 0.1) is 5.82 Å². The lowest BCUT2D eigenvalue weighted by atomic mass is 10.0. The van der Waals surface area contributed by atoms with Crippen molar-refractivity contribution in [2.75, 3.05) is 26.2 Å². The Morgan fingerprint density at radius 3 is 2.94 bits per heavy atom. The van der Waals surface area contributed by atoms with Gasteiger partial charge in [0.05, 0.1) is 17.0 Å². The Labute approximate surface area is 186 Å². The van der Waals surface area contributed by atoms with Gasteiger partial charge in [0, 0.05) is 37.9 Å². The highest BCUT2D eigenvalue weighted by Gasteiger charge is 2.24. The Kier molecular flexibility index (Phi) is 7.64. The lowest BCUT2D eigenvalue weighted by Crippen LogP contribution is -2.47. The van der Waals surface area contributed by atoms with Gasteiger partial charge in [0.2, 0.25) is 0 Å². The summed E-state index contributed by atoms with van der Waals surface area (Å²) in [6, 6.07) is 5.30. The summed E-state index contributed by atoms with van der Waals surface area (Å²) in [5, 5.41) is 15.9. The average Bonchev–Trinajstić information content (AvgIpc) is 3.08. The van der Waals surface area contributed by atoms with E-state index in [4.69, 9.17) is 0 Å². The minimum atomic E-state index is -0.464. The van der Waals surface area contributed by atoms with Crippen LogP contribution >= 0.6 is 0 Å². The highest BCUT2D eigenvalue weighted by Crippen LogP contribution is 2.28. The number of hydrogen-bond donors (Lipinski definition) is 4. The number of carbonyl (C=O) groups excluding carboxylic acids is 2. The molecule has 2 aliphatic heterocycles. The molecule has 4 N–H and O–H groups in total. The molecule has 1 aromatic rings. The van der Waals surface area contributed by atoms with E-state index in [1.807, 2.05) is 0 Å². The Bertz CT molecular complexity index is 1040. The number of carbonyl (C=O) groups is 2. The van der Waals surface area contributed by atoms with Gasteiger partial charge in [-0.05, 0) is 62.6 Å². The van der Waals surface area contributed by atoms with Crippen molar-refractivity contribution in [2.24, 2.45) is 4.99 Å². The van der Waals surface area contributed by atoms with E-state index in [0.29, 0.717) is 54.2 Å². The number of halogens is 1. The van der Waals surface area contributed by atoms with Crippen LogP contribution < -0.4 is 10.6 Å². The first-order valence-electron chi connectivity index (χ1n) is 10.6. The number of nitrogens with zero attached hydrogens (tertiary/aromatic N) is 2. The van der Waals surface area contributed by atoms with E-state index in [2.05, 4.69) is 20.6 Å². The molecule has 0 radical (unpaired) electrons. The summed E-state index contributed by atoms with van der Waals surface area (Å²) in [5.74, 6) is -0.865. The largest absolute Gasteiger partial charge is 0.494 e. The van der Waals surface area contributed by atoms with E-state index in [1.165, 1.54) is 30.5 Å². The fourth-order valence-electron chi connectivity index (χ4n) is 3.57. The van der Waals surface area contributed by atoms with Gasteiger partial charge in [-0.1, -0.05) is 0 Å². The second kappa shape index (κ2) is 10.6. The SMILES string of the molecule is CC1=NC(=Cc2ccc(F)ccc[nH]c2O)C(C)=C1C(=O)NCCCN1CCCNC1=O. The number of H-pyrrole nitrogens is 1. The number of aromatic amines is 1. The third kappa shape index (κ3) is 5.75. The summed E-state index contributed by atoms with van der Waals surface area (Å²) in [6.45, 7) is 5.97. The summed E-state index contributed by atoms with van der Waals surface area (Å²) in [7, 11) is 0. The zero-order valence-electron chi connectivity index (χ0n) is 18.2. The van der Waals surface area contributed by atoms with Crippen molar-refractivity contribution in [2.45, 2.75) is 26.7 Å². The molecule has 2 aliphatic rings. The van der Waals surface area contributed by atoms with Crippen LogP contribution in [0.1, 0.15) is 32.3 Å².